The molecule has 1 heterocycles. The first-order valence-corrected chi connectivity index (χ1v) is 11.2. The van der Waals surface area contributed by atoms with Crippen molar-refractivity contribution in [2.75, 3.05) is 38.3 Å². The monoisotopic (exact) mass is 429 g/mol. The molecule has 0 aliphatic carbocycles. The number of hydrogen-bond acceptors (Lipinski definition) is 6. The molecule has 6 nitrogen and oxygen atoms in total. The number of aromatic nitrogens is 1. The maximum atomic E-state index is 10.5. The molecule has 0 amide bonds. The zero-order valence-electron chi connectivity index (χ0n) is 19.8. The van der Waals surface area contributed by atoms with E-state index in [0.717, 1.165) is 35.7 Å². The summed E-state index contributed by atoms with van der Waals surface area (Å²) in [6.45, 7) is 15.1. The van der Waals surface area contributed by atoms with E-state index in [4.69, 9.17) is 9.26 Å². The Morgan fingerprint density at radius 1 is 1.19 bits per heavy atom. The second kappa shape index (κ2) is 12.6. The number of aliphatic hydroxyl groups excluding tert-OH is 1. The van der Waals surface area contributed by atoms with Crippen LogP contribution in [0.15, 0.2) is 47.5 Å². The molecule has 172 valence electrons. The molecule has 0 fully saturated rings. The quantitative estimate of drug-likeness (QED) is 0.350. The third-order valence-corrected chi connectivity index (χ3v) is 5.33. The van der Waals surface area contributed by atoms with E-state index in [1.807, 2.05) is 25.2 Å². The van der Waals surface area contributed by atoms with Crippen LogP contribution in [0.25, 0.3) is 11.3 Å². The SMILES string of the molecule is C=CCOC[C@H](O)CN(CCC(C)C)Cc1c(-c2ccccc2)noc1N(C)C(C)C. The molecule has 2 rings (SSSR count). The van der Waals surface area contributed by atoms with Crippen molar-refractivity contribution in [2.24, 2.45) is 5.92 Å². The molecule has 0 saturated heterocycles. The first kappa shape index (κ1) is 25.1. The summed E-state index contributed by atoms with van der Waals surface area (Å²) in [4.78, 5) is 4.39. The Morgan fingerprint density at radius 2 is 1.90 bits per heavy atom. The third kappa shape index (κ3) is 7.80. The van der Waals surface area contributed by atoms with Gasteiger partial charge in [0.15, 0.2) is 0 Å². The molecule has 0 aliphatic heterocycles. The first-order chi connectivity index (χ1) is 14.8. The van der Waals surface area contributed by atoms with Crippen LogP contribution in [0, 0.1) is 5.92 Å². The van der Waals surface area contributed by atoms with Crippen molar-refractivity contribution in [2.45, 2.75) is 52.8 Å². The third-order valence-electron chi connectivity index (χ3n) is 5.33. The zero-order chi connectivity index (χ0) is 22.8. The van der Waals surface area contributed by atoms with Crippen LogP contribution in [-0.2, 0) is 11.3 Å². The van der Waals surface area contributed by atoms with Gasteiger partial charge in [-0.2, -0.15) is 0 Å². The van der Waals surface area contributed by atoms with Gasteiger partial charge in [-0.25, -0.2) is 0 Å². The highest BCUT2D eigenvalue weighted by Crippen LogP contribution is 2.33. The molecule has 6 heteroatoms. The van der Waals surface area contributed by atoms with Gasteiger partial charge in [0.25, 0.3) is 0 Å². The van der Waals surface area contributed by atoms with E-state index in [2.05, 4.69) is 61.4 Å². The van der Waals surface area contributed by atoms with Gasteiger partial charge < -0.3 is 19.3 Å². The molecule has 31 heavy (non-hydrogen) atoms. The topological polar surface area (TPSA) is 62.0 Å². The number of ether oxygens (including phenoxy) is 1. The van der Waals surface area contributed by atoms with E-state index in [9.17, 15) is 5.11 Å². The number of benzene rings is 1. The summed E-state index contributed by atoms with van der Waals surface area (Å²) in [5.41, 5.74) is 2.93. The lowest BCUT2D eigenvalue weighted by atomic mass is 10.1. The van der Waals surface area contributed by atoms with E-state index >= 15 is 0 Å². The summed E-state index contributed by atoms with van der Waals surface area (Å²) < 4.78 is 11.3. The summed E-state index contributed by atoms with van der Waals surface area (Å²) in [6.07, 6.45) is 2.17. The highest BCUT2D eigenvalue weighted by Gasteiger charge is 2.25. The summed E-state index contributed by atoms with van der Waals surface area (Å²) in [5.74, 6) is 1.35. The zero-order valence-corrected chi connectivity index (χ0v) is 19.8. The molecule has 1 atom stereocenters. The second-order valence-corrected chi connectivity index (χ2v) is 8.78. The minimum absolute atomic E-state index is 0.275. The normalized spacial score (nSPS) is 12.7. The van der Waals surface area contributed by atoms with Gasteiger partial charge in [0.05, 0.1) is 24.9 Å². The van der Waals surface area contributed by atoms with Gasteiger partial charge in [0.2, 0.25) is 5.88 Å². The van der Waals surface area contributed by atoms with Crippen molar-refractivity contribution in [1.29, 1.82) is 0 Å². The molecule has 0 aliphatic rings. The van der Waals surface area contributed by atoms with Crippen LogP contribution in [0.3, 0.4) is 0 Å². The van der Waals surface area contributed by atoms with E-state index in [1.165, 1.54) is 0 Å². The summed E-state index contributed by atoms with van der Waals surface area (Å²) in [6, 6.07) is 10.4. The van der Waals surface area contributed by atoms with Gasteiger partial charge in [-0.05, 0) is 32.7 Å². The lowest BCUT2D eigenvalue weighted by molar-refractivity contribution is 0.0237. The van der Waals surface area contributed by atoms with Crippen molar-refractivity contribution in [1.82, 2.24) is 10.1 Å². The highest BCUT2D eigenvalue weighted by atomic mass is 16.5. The Kier molecular flexibility index (Phi) is 10.2. The molecule has 2 aromatic rings. The summed E-state index contributed by atoms with van der Waals surface area (Å²) in [7, 11) is 2.03. The van der Waals surface area contributed by atoms with Crippen molar-refractivity contribution >= 4 is 5.88 Å². The molecule has 1 aromatic carbocycles. The molecular formula is C25H39N3O3. The molecule has 0 saturated carbocycles. The largest absolute Gasteiger partial charge is 0.389 e. The van der Waals surface area contributed by atoms with Crippen molar-refractivity contribution in [3.8, 4) is 11.3 Å². The fraction of sp³-hybridized carbons (Fsp3) is 0.560. The van der Waals surface area contributed by atoms with E-state index < -0.39 is 6.10 Å². The Bertz CT molecular complexity index is 774. The van der Waals surface area contributed by atoms with Crippen LogP contribution in [0.4, 0.5) is 5.88 Å². The predicted octanol–water partition coefficient (Wildman–Crippen LogP) is 4.60. The maximum Gasteiger partial charge on any atom is 0.232 e. The lowest BCUT2D eigenvalue weighted by Gasteiger charge is -2.27. The Labute approximate surface area is 187 Å². The molecule has 0 spiro atoms. The molecule has 0 bridgehead atoms. The summed E-state index contributed by atoms with van der Waals surface area (Å²) in [5, 5.41) is 15.0. The fourth-order valence-corrected chi connectivity index (χ4v) is 3.32. The predicted molar refractivity (Wildman–Crippen MR) is 127 cm³/mol. The second-order valence-electron chi connectivity index (χ2n) is 8.78. The van der Waals surface area contributed by atoms with Gasteiger partial charge in [0, 0.05) is 31.7 Å². The van der Waals surface area contributed by atoms with E-state index in [0.29, 0.717) is 25.6 Å². The number of hydrogen-bond donors (Lipinski definition) is 1. The van der Waals surface area contributed by atoms with Crippen molar-refractivity contribution in [3.63, 3.8) is 0 Å². The highest BCUT2D eigenvalue weighted by molar-refractivity contribution is 5.68. The molecule has 0 unspecified atom stereocenters. The average Bonchev–Trinajstić information content (AvgIpc) is 3.15. The minimum atomic E-state index is -0.571. The van der Waals surface area contributed by atoms with Crippen molar-refractivity contribution < 1.29 is 14.4 Å². The number of nitrogens with zero attached hydrogens (tertiary/aromatic N) is 3. The first-order valence-electron chi connectivity index (χ1n) is 11.2. The number of rotatable bonds is 14. The average molecular weight is 430 g/mol. The van der Waals surface area contributed by atoms with Crippen LogP contribution in [0.1, 0.15) is 39.7 Å². The van der Waals surface area contributed by atoms with Crippen LogP contribution in [0.5, 0.6) is 0 Å². The van der Waals surface area contributed by atoms with E-state index in [1.54, 1.807) is 6.08 Å². The standard InChI is InChI=1S/C25H39N3O3/c1-7-15-30-18-22(29)16-28(14-13-19(2)3)17-23-24(21-11-9-8-10-12-21)26-31-25(23)27(6)20(4)5/h7-12,19-20,22,29H,1,13-18H2,2-6H3/t22-/m1/s1. The van der Waals surface area contributed by atoms with Gasteiger partial charge in [0.1, 0.15) is 5.69 Å². The van der Waals surface area contributed by atoms with Crippen LogP contribution in [-0.4, -0.2) is 60.7 Å². The Hall–Kier alpha value is -2.15. The molecular weight excluding hydrogens is 390 g/mol. The fourth-order valence-electron chi connectivity index (χ4n) is 3.32. The van der Waals surface area contributed by atoms with Gasteiger partial charge in [-0.3, -0.25) is 4.90 Å². The molecule has 1 aromatic heterocycles. The van der Waals surface area contributed by atoms with Gasteiger partial charge >= 0.3 is 0 Å². The lowest BCUT2D eigenvalue weighted by Crippen LogP contribution is -2.36. The van der Waals surface area contributed by atoms with E-state index in [-0.39, 0.29) is 12.6 Å². The molecule has 1 N–H and O–H groups in total. The Morgan fingerprint density at radius 3 is 2.52 bits per heavy atom. The minimum Gasteiger partial charge on any atom is -0.389 e. The van der Waals surface area contributed by atoms with Gasteiger partial charge in [-0.15, -0.1) is 6.58 Å². The molecule has 0 radical (unpaired) electrons. The number of aliphatic hydroxyl groups is 1. The summed E-state index contributed by atoms with van der Waals surface area (Å²) >= 11 is 0. The van der Waals surface area contributed by atoms with Crippen LogP contribution in [0.2, 0.25) is 0 Å². The Balaban J connectivity index is 2.31. The van der Waals surface area contributed by atoms with Crippen LogP contribution >= 0.6 is 0 Å². The number of anilines is 1. The smallest absolute Gasteiger partial charge is 0.232 e. The van der Waals surface area contributed by atoms with Crippen LogP contribution < -0.4 is 4.90 Å². The maximum absolute atomic E-state index is 10.5. The van der Waals surface area contributed by atoms with Crippen molar-refractivity contribution in [3.05, 3.63) is 48.6 Å². The van der Waals surface area contributed by atoms with Gasteiger partial charge in [-0.1, -0.05) is 55.4 Å².